The third-order valence-electron chi connectivity index (χ3n) is 3.66. The summed E-state index contributed by atoms with van der Waals surface area (Å²) in [5.74, 6) is 1.19. The lowest BCUT2D eigenvalue weighted by Gasteiger charge is -2.11. The van der Waals surface area contributed by atoms with E-state index in [1.165, 1.54) is 5.56 Å². The van der Waals surface area contributed by atoms with Crippen molar-refractivity contribution in [3.8, 4) is 5.75 Å². The Morgan fingerprint density at radius 1 is 1.23 bits per heavy atom. The number of aliphatic hydroxyl groups is 1. The molecule has 0 unspecified atom stereocenters. The summed E-state index contributed by atoms with van der Waals surface area (Å²) < 4.78 is 7.62. The summed E-state index contributed by atoms with van der Waals surface area (Å²) in [6, 6.07) is 8.21. The van der Waals surface area contributed by atoms with Gasteiger partial charge in [-0.05, 0) is 30.0 Å². The molecule has 0 amide bonds. The number of benzene rings is 1. The normalized spacial score (nSPS) is 11.1. The lowest BCUT2D eigenvalue weighted by molar-refractivity contribution is 0.274. The van der Waals surface area contributed by atoms with E-state index in [4.69, 9.17) is 4.74 Å². The first-order valence-electron chi connectivity index (χ1n) is 7.90. The molecule has 2 rings (SSSR count). The van der Waals surface area contributed by atoms with Gasteiger partial charge in [0.2, 0.25) is 0 Å². The van der Waals surface area contributed by atoms with E-state index >= 15 is 0 Å². The zero-order valence-electron chi connectivity index (χ0n) is 13.6. The van der Waals surface area contributed by atoms with Crippen molar-refractivity contribution >= 4 is 0 Å². The van der Waals surface area contributed by atoms with E-state index in [0.29, 0.717) is 18.2 Å². The molecule has 0 radical (unpaired) electrons. The summed E-state index contributed by atoms with van der Waals surface area (Å²) in [4.78, 5) is 0. The number of hydrogen-bond acceptors (Lipinski definition) is 4. The second kappa shape index (κ2) is 7.94. The molecule has 0 fully saturated rings. The third kappa shape index (κ3) is 4.07. The third-order valence-corrected chi connectivity index (χ3v) is 3.66. The highest BCUT2D eigenvalue weighted by Crippen LogP contribution is 2.18. The summed E-state index contributed by atoms with van der Waals surface area (Å²) in [5.41, 5.74) is 2.99. The SMILES string of the molecule is CCc1ccc(OCCCn2nnc(CO)c2C(C)C)cc1. The Morgan fingerprint density at radius 3 is 2.55 bits per heavy atom. The average molecular weight is 303 g/mol. The molecule has 1 heterocycles. The highest BCUT2D eigenvalue weighted by molar-refractivity contribution is 5.27. The van der Waals surface area contributed by atoms with E-state index in [1.807, 2.05) is 16.8 Å². The lowest BCUT2D eigenvalue weighted by Crippen LogP contribution is -2.10. The Balaban J connectivity index is 1.84. The van der Waals surface area contributed by atoms with Crippen molar-refractivity contribution in [2.75, 3.05) is 6.61 Å². The molecule has 0 aliphatic carbocycles. The Labute approximate surface area is 131 Å². The maximum absolute atomic E-state index is 9.30. The second-order valence-corrected chi connectivity index (χ2v) is 5.66. The molecule has 0 aliphatic heterocycles. The molecule has 0 spiro atoms. The van der Waals surface area contributed by atoms with Gasteiger partial charge in [0.15, 0.2) is 0 Å². The first kappa shape index (κ1) is 16.5. The van der Waals surface area contributed by atoms with Crippen molar-refractivity contribution in [2.24, 2.45) is 0 Å². The smallest absolute Gasteiger partial charge is 0.119 e. The van der Waals surface area contributed by atoms with E-state index in [1.54, 1.807) is 0 Å². The van der Waals surface area contributed by atoms with Crippen LogP contribution in [0.15, 0.2) is 24.3 Å². The van der Waals surface area contributed by atoms with Crippen LogP contribution in [0, 0.1) is 0 Å². The maximum Gasteiger partial charge on any atom is 0.119 e. The van der Waals surface area contributed by atoms with Crippen molar-refractivity contribution in [3.05, 3.63) is 41.2 Å². The summed E-state index contributed by atoms with van der Waals surface area (Å²) in [6.07, 6.45) is 1.89. The van der Waals surface area contributed by atoms with Gasteiger partial charge in [0.25, 0.3) is 0 Å². The minimum absolute atomic E-state index is 0.0617. The Hall–Kier alpha value is -1.88. The number of ether oxygens (including phenoxy) is 1. The van der Waals surface area contributed by atoms with Gasteiger partial charge in [-0.15, -0.1) is 5.10 Å². The van der Waals surface area contributed by atoms with E-state index in [2.05, 4.69) is 43.2 Å². The molecular weight excluding hydrogens is 278 g/mol. The Bertz CT molecular complexity index is 576. The summed E-state index contributed by atoms with van der Waals surface area (Å²) in [5, 5.41) is 17.5. The van der Waals surface area contributed by atoms with Gasteiger partial charge in [-0.25, -0.2) is 4.68 Å². The van der Waals surface area contributed by atoms with Crippen molar-refractivity contribution in [1.29, 1.82) is 0 Å². The van der Waals surface area contributed by atoms with Crippen LogP contribution in [0.25, 0.3) is 0 Å². The fraction of sp³-hybridized carbons (Fsp3) is 0.529. The molecule has 0 atom stereocenters. The topological polar surface area (TPSA) is 60.2 Å². The fourth-order valence-electron chi connectivity index (χ4n) is 2.49. The molecule has 1 N–H and O–H groups in total. The molecule has 120 valence electrons. The van der Waals surface area contributed by atoms with Crippen LogP contribution in [0.4, 0.5) is 0 Å². The highest BCUT2D eigenvalue weighted by atomic mass is 16.5. The van der Waals surface area contributed by atoms with Gasteiger partial charge in [-0.3, -0.25) is 0 Å². The van der Waals surface area contributed by atoms with Gasteiger partial charge in [0.1, 0.15) is 11.4 Å². The molecule has 0 saturated carbocycles. The van der Waals surface area contributed by atoms with Crippen molar-refractivity contribution in [2.45, 2.75) is 52.7 Å². The van der Waals surface area contributed by atoms with Crippen molar-refractivity contribution in [3.63, 3.8) is 0 Å². The van der Waals surface area contributed by atoms with E-state index in [9.17, 15) is 5.11 Å². The predicted molar refractivity (Wildman–Crippen MR) is 86.0 cm³/mol. The zero-order chi connectivity index (χ0) is 15.9. The molecule has 1 aromatic heterocycles. The molecule has 0 saturated heterocycles. The predicted octanol–water partition coefficient (Wildman–Crippen LogP) is 2.93. The van der Waals surface area contributed by atoms with Crippen LogP contribution in [0.3, 0.4) is 0 Å². The first-order chi connectivity index (χ1) is 10.7. The minimum Gasteiger partial charge on any atom is -0.494 e. The monoisotopic (exact) mass is 303 g/mol. The molecule has 0 bridgehead atoms. The second-order valence-electron chi connectivity index (χ2n) is 5.66. The standard InChI is InChI=1S/C17H25N3O2/c1-4-14-6-8-15(9-7-14)22-11-5-10-20-17(13(2)3)16(12-21)18-19-20/h6-9,13,21H,4-5,10-12H2,1-3H3. The maximum atomic E-state index is 9.30. The molecular formula is C17H25N3O2. The molecule has 5 heteroatoms. The van der Waals surface area contributed by atoms with Gasteiger partial charge in [-0.2, -0.15) is 0 Å². The van der Waals surface area contributed by atoms with E-state index < -0.39 is 0 Å². The number of hydrogen-bond donors (Lipinski definition) is 1. The van der Waals surface area contributed by atoms with Crippen LogP contribution in [-0.2, 0) is 19.6 Å². The van der Waals surface area contributed by atoms with Crippen LogP contribution < -0.4 is 4.74 Å². The van der Waals surface area contributed by atoms with Crippen molar-refractivity contribution < 1.29 is 9.84 Å². The lowest BCUT2D eigenvalue weighted by atomic mass is 10.1. The van der Waals surface area contributed by atoms with E-state index in [0.717, 1.165) is 30.8 Å². The number of aromatic nitrogens is 3. The van der Waals surface area contributed by atoms with Gasteiger partial charge in [0.05, 0.1) is 18.9 Å². The summed E-state index contributed by atoms with van der Waals surface area (Å²) in [7, 11) is 0. The fourth-order valence-corrected chi connectivity index (χ4v) is 2.49. The number of aliphatic hydroxyl groups excluding tert-OH is 1. The molecule has 22 heavy (non-hydrogen) atoms. The minimum atomic E-state index is -0.0617. The molecule has 0 aliphatic rings. The Kier molecular flexibility index (Phi) is 5.95. The van der Waals surface area contributed by atoms with Crippen LogP contribution in [0.1, 0.15) is 50.1 Å². The van der Waals surface area contributed by atoms with Crippen molar-refractivity contribution in [1.82, 2.24) is 15.0 Å². The van der Waals surface area contributed by atoms with Gasteiger partial charge in [-0.1, -0.05) is 38.1 Å². The van der Waals surface area contributed by atoms with Crippen LogP contribution in [-0.4, -0.2) is 26.7 Å². The average Bonchev–Trinajstić information content (AvgIpc) is 2.95. The van der Waals surface area contributed by atoms with E-state index in [-0.39, 0.29) is 6.61 Å². The van der Waals surface area contributed by atoms with Gasteiger partial charge >= 0.3 is 0 Å². The van der Waals surface area contributed by atoms with Gasteiger partial charge < -0.3 is 9.84 Å². The number of aryl methyl sites for hydroxylation is 2. The molecule has 2 aromatic rings. The summed E-state index contributed by atoms with van der Waals surface area (Å²) >= 11 is 0. The summed E-state index contributed by atoms with van der Waals surface area (Å²) in [6.45, 7) is 7.62. The first-order valence-corrected chi connectivity index (χ1v) is 7.90. The van der Waals surface area contributed by atoms with Crippen LogP contribution in [0.5, 0.6) is 5.75 Å². The van der Waals surface area contributed by atoms with Crippen LogP contribution >= 0.6 is 0 Å². The molecule has 5 nitrogen and oxygen atoms in total. The zero-order valence-corrected chi connectivity index (χ0v) is 13.6. The quantitative estimate of drug-likeness (QED) is 0.762. The van der Waals surface area contributed by atoms with Gasteiger partial charge in [0, 0.05) is 13.0 Å². The number of nitrogens with zero attached hydrogens (tertiary/aromatic N) is 3. The number of rotatable bonds is 8. The largest absolute Gasteiger partial charge is 0.494 e. The highest BCUT2D eigenvalue weighted by Gasteiger charge is 2.14. The Morgan fingerprint density at radius 2 is 1.95 bits per heavy atom. The molecule has 1 aromatic carbocycles. The van der Waals surface area contributed by atoms with Crippen LogP contribution in [0.2, 0.25) is 0 Å².